The number of carbonyl (C=O) groups excluding carboxylic acids is 1. The van der Waals surface area contributed by atoms with E-state index in [0.717, 1.165) is 40.1 Å². The monoisotopic (exact) mass is 419 g/mol. The number of carbonyl (C=O) groups is 1. The van der Waals surface area contributed by atoms with Crippen LogP contribution in [0.15, 0.2) is 48.7 Å². The van der Waals surface area contributed by atoms with Crippen LogP contribution in [-0.4, -0.2) is 35.8 Å². The molecule has 2 aromatic carbocycles. The van der Waals surface area contributed by atoms with Crippen LogP contribution in [0.25, 0.3) is 10.9 Å². The Hall–Kier alpha value is -2.96. The van der Waals surface area contributed by atoms with Gasteiger partial charge in [0.05, 0.1) is 18.7 Å². The Balaban J connectivity index is 1.46. The van der Waals surface area contributed by atoms with E-state index in [1.165, 1.54) is 12.8 Å². The number of benzene rings is 2. The van der Waals surface area contributed by atoms with Crippen molar-refractivity contribution in [3.63, 3.8) is 0 Å². The highest BCUT2D eigenvalue weighted by molar-refractivity contribution is 6.06. The minimum atomic E-state index is -0.158. The fraction of sp³-hybridized carbons (Fsp3) is 0.360. The molecule has 0 bridgehead atoms. The van der Waals surface area contributed by atoms with Crippen LogP contribution < -0.4 is 15.4 Å². The van der Waals surface area contributed by atoms with Gasteiger partial charge in [0, 0.05) is 35.4 Å². The predicted molar refractivity (Wildman–Crippen MR) is 123 cm³/mol. The van der Waals surface area contributed by atoms with Crippen LogP contribution >= 0.6 is 0 Å². The van der Waals surface area contributed by atoms with Gasteiger partial charge < -0.3 is 20.5 Å². The normalized spacial score (nSPS) is 14.4. The molecule has 0 spiro atoms. The number of nitrogens with one attached hydrogen (secondary N) is 2. The summed E-state index contributed by atoms with van der Waals surface area (Å²) in [7, 11) is 0. The summed E-state index contributed by atoms with van der Waals surface area (Å²) in [6, 6.07) is 13.4. The molecule has 0 radical (unpaired) electrons. The summed E-state index contributed by atoms with van der Waals surface area (Å²) in [6.45, 7) is 5.41. The van der Waals surface area contributed by atoms with E-state index in [1.807, 2.05) is 44.3 Å². The zero-order valence-electron chi connectivity index (χ0n) is 18.0. The van der Waals surface area contributed by atoms with Gasteiger partial charge in [0.25, 0.3) is 5.91 Å². The molecule has 1 aliphatic carbocycles. The minimum absolute atomic E-state index is 0.0972. The molecule has 3 aromatic rings. The summed E-state index contributed by atoms with van der Waals surface area (Å²) in [4.78, 5) is 17.4. The molecule has 0 aliphatic heterocycles. The highest BCUT2D eigenvalue weighted by atomic mass is 16.5. The van der Waals surface area contributed by atoms with Crippen molar-refractivity contribution in [2.24, 2.45) is 5.92 Å². The molecule has 4 rings (SSSR count). The van der Waals surface area contributed by atoms with Crippen molar-refractivity contribution < 1.29 is 14.6 Å². The van der Waals surface area contributed by atoms with Crippen molar-refractivity contribution in [1.82, 2.24) is 10.3 Å². The van der Waals surface area contributed by atoms with Crippen molar-refractivity contribution in [2.75, 3.05) is 25.1 Å². The third-order valence-corrected chi connectivity index (χ3v) is 5.74. The van der Waals surface area contributed by atoms with E-state index in [1.54, 1.807) is 12.1 Å². The Bertz CT molecular complexity index is 1060. The summed E-state index contributed by atoms with van der Waals surface area (Å²) in [6.07, 6.45) is 4.35. The highest BCUT2D eigenvalue weighted by Crippen LogP contribution is 2.30. The lowest BCUT2D eigenvalue weighted by atomic mass is 10.0. The van der Waals surface area contributed by atoms with Crippen LogP contribution in [-0.2, 0) is 0 Å². The van der Waals surface area contributed by atoms with E-state index in [-0.39, 0.29) is 18.6 Å². The van der Waals surface area contributed by atoms with Gasteiger partial charge in [-0.15, -0.1) is 0 Å². The van der Waals surface area contributed by atoms with Gasteiger partial charge in [-0.3, -0.25) is 9.78 Å². The summed E-state index contributed by atoms with van der Waals surface area (Å²) in [5.41, 5.74) is 4.18. The molecular formula is C25H29N3O3. The minimum Gasteiger partial charge on any atom is -0.493 e. The van der Waals surface area contributed by atoms with E-state index < -0.39 is 0 Å². The zero-order valence-corrected chi connectivity index (χ0v) is 18.0. The Morgan fingerprint density at radius 1 is 1.23 bits per heavy atom. The second-order valence-electron chi connectivity index (χ2n) is 8.21. The standard InChI is InChI=1S/C25H29N3O3/c1-16-23(10-7-20-13-21(14-27-24(16)20)17(2)26-11-12-29)28-25(30)19-5-8-22(9-6-19)31-15-18-3-4-18/h5-10,13-14,17-18,26,29H,3-4,11-12,15H2,1-2H3,(H,28,30). The number of hydrogen-bond acceptors (Lipinski definition) is 5. The lowest BCUT2D eigenvalue weighted by molar-refractivity contribution is 0.102. The van der Waals surface area contributed by atoms with Crippen LogP contribution in [0.5, 0.6) is 5.75 Å². The summed E-state index contributed by atoms with van der Waals surface area (Å²) in [5.74, 6) is 1.34. The molecule has 1 amide bonds. The molecule has 1 aliphatic rings. The Labute approximate surface area is 182 Å². The van der Waals surface area contributed by atoms with Gasteiger partial charge in [-0.2, -0.15) is 0 Å². The number of anilines is 1. The van der Waals surface area contributed by atoms with Crippen molar-refractivity contribution in [3.8, 4) is 5.75 Å². The van der Waals surface area contributed by atoms with Gasteiger partial charge in [0.2, 0.25) is 0 Å². The number of pyridine rings is 1. The first kappa shape index (κ1) is 21.3. The van der Waals surface area contributed by atoms with Crippen LogP contribution in [0.4, 0.5) is 5.69 Å². The molecule has 1 aromatic heterocycles. The number of aliphatic hydroxyl groups is 1. The number of aromatic nitrogens is 1. The van der Waals surface area contributed by atoms with Crippen LogP contribution in [0.1, 0.15) is 47.3 Å². The number of aryl methyl sites for hydroxylation is 1. The molecule has 1 saturated carbocycles. The smallest absolute Gasteiger partial charge is 0.255 e. The number of amides is 1. The SMILES string of the molecule is Cc1c(NC(=O)c2ccc(OCC3CC3)cc2)ccc2cc(C(C)NCCO)cnc12. The highest BCUT2D eigenvalue weighted by Gasteiger charge is 2.22. The summed E-state index contributed by atoms with van der Waals surface area (Å²) < 4.78 is 5.74. The molecule has 3 N–H and O–H groups in total. The second-order valence-corrected chi connectivity index (χ2v) is 8.21. The average Bonchev–Trinajstić information content (AvgIpc) is 3.62. The van der Waals surface area contributed by atoms with Gasteiger partial charge in [-0.05, 0) is 80.1 Å². The largest absolute Gasteiger partial charge is 0.493 e. The van der Waals surface area contributed by atoms with Gasteiger partial charge in [0.1, 0.15) is 5.75 Å². The van der Waals surface area contributed by atoms with E-state index >= 15 is 0 Å². The molecule has 0 saturated heterocycles. The third-order valence-electron chi connectivity index (χ3n) is 5.74. The molecule has 31 heavy (non-hydrogen) atoms. The Morgan fingerprint density at radius 2 is 2.00 bits per heavy atom. The third kappa shape index (κ3) is 5.21. The number of fused-ring (bicyclic) bond motifs is 1. The quantitative estimate of drug-likeness (QED) is 0.483. The van der Waals surface area contributed by atoms with Gasteiger partial charge >= 0.3 is 0 Å². The molecule has 6 heteroatoms. The van der Waals surface area contributed by atoms with Crippen LogP contribution in [0, 0.1) is 12.8 Å². The predicted octanol–water partition coefficient (Wildman–Crippen LogP) is 4.23. The van der Waals surface area contributed by atoms with Crippen LogP contribution in [0.2, 0.25) is 0 Å². The van der Waals surface area contributed by atoms with Crippen molar-refractivity contribution in [2.45, 2.75) is 32.7 Å². The first-order valence-electron chi connectivity index (χ1n) is 10.8. The summed E-state index contributed by atoms with van der Waals surface area (Å²) in [5, 5.41) is 16.3. The van der Waals surface area contributed by atoms with Gasteiger partial charge in [-0.1, -0.05) is 6.07 Å². The average molecular weight is 420 g/mol. The van der Waals surface area contributed by atoms with Gasteiger partial charge in [0.15, 0.2) is 0 Å². The first-order valence-corrected chi connectivity index (χ1v) is 10.8. The molecule has 1 fully saturated rings. The zero-order chi connectivity index (χ0) is 21.8. The molecule has 162 valence electrons. The van der Waals surface area contributed by atoms with Gasteiger partial charge in [-0.25, -0.2) is 0 Å². The number of hydrogen-bond donors (Lipinski definition) is 3. The maximum atomic E-state index is 12.7. The van der Waals surface area contributed by atoms with Crippen molar-refractivity contribution >= 4 is 22.5 Å². The maximum Gasteiger partial charge on any atom is 0.255 e. The van der Waals surface area contributed by atoms with Crippen molar-refractivity contribution in [3.05, 3.63) is 65.4 Å². The van der Waals surface area contributed by atoms with E-state index in [0.29, 0.717) is 18.0 Å². The Morgan fingerprint density at radius 3 is 2.71 bits per heavy atom. The second kappa shape index (κ2) is 9.45. The van der Waals surface area contributed by atoms with Crippen molar-refractivity contribution in [1.29, 1.82) is 0 Å². The number of aliphatic hydroxyl groups excluding tert-OH is 1. The summed E-state index contributed by atoms with van der Waals surface area (Å²) >= 11 is 0. The lowest BCUT2D eigenvalue weighted by Gasteiger charge is -2.15. The van der Waals surface area contributed by atoms with E-state index in [9.17, 15) is 4.79 Å². The molecule has 6 nitrogen and oxygen atoms in total. The first-order chi connectivity index (χ1) is 15.0. The maximum absolute atomic E-state index is 12.7. The number of rotatable bonds is 9. The number of nitrogens with zero attached hydrogens (tertiary/aromatic N) is 1. The topological polar surface area (TPSA) is 83.5 Å². The van der Waals surface area contributed by atoms with Crippen LogP contribution in [0.3, 0.4) is 0 Å². The molecule has 1 unspecified atom stereocenters. The van der Waals surface area contributed by atoms with E-state index in [2.05, 4.69) is 21.7 Å². The Kier molecular flexibility index (Phi) is 6.49. The fourth-order valence-electron chi connectivity index (χ4n) is 3.53. The lowest BCUT2D eigenvalue weighted by Crippen LogP contribution is -2.22. The number of ether oxygens (including phenoxy) is 1. The van der Waals surface area contributed by atoms with E-state index in [4.69, 9.17) is 9.84 Å². The molecule has 1 heterocycles. The fourth-order valence-corrected chi connectivity index (χ4v) is 3.53. The molecular weight excluding hydrogens is 390 g/mol. The molecule has 1 atom stereocenters.